The molecule has 2 unspecified atom stereocenters. The highest BCUT2D eigenvalue weighted by atomic mass is 16.5. The Morgan fingerprint density at radius 1 is 1.21 bits per heavy atom. The SMILES string of the molecule is O=C(NCc1ccc(OCc2ccccn2)cc1)C1CCCC1O. The Morgan fingerprint density at radius 2 is 2.04 bits per heavy atom. The lowest BCUT2D eigenvalue weighted by atomic mass is 10.1. The van der Waals surface area contributed by atoms with E-state index >= 15 is 0 Å². The van der Waals surface area contributed by atoms with Crippen molar-refractivity contribution in [1.29, 1.82) is 0 Å². The van der Waals surface area contributed by atoms with Gasteiger partial charge in [-0.05, 0) is 49.1 Å². The lowest BCUT2D eigenvalue weighted by molar-refractivity contribution is -0.127. The van der Waals surface area contributed by atoms with Crippen molar-refractivity contribution < 1.29 is 14.6 Å². The minimum absolute atomic E-state index is 0.0597. The Balaban J connectivity index is 1.47. The number of carbonyl (C=O) groups excluding carboxylic acids is 1. The van der Waals surface area contributed by atoms with Crippen molar-refractivity contribution in [1.82, 2.24) is 10.3 Å². The average molecular weight is 326 g/mol. The van der Waals surface area contributed by atoms with Gasteiger partial charge in [0.1, 0.15) is 12.4 Å². The maximum Gasteiger partial charge on any atom is 0.225 e. The van der Waals surface area contributed by atoms with Crippen LogP contribution < -0.4 is 10.1 Å². The third kappa shape index (κ3) is 4.32. The number of aliphatic hydroxyl groups is 1. The van der Waals surface area contributed by atoms with E-state index in [0.717, 1.165) is 36.3 Å². The van der Waals surface area contributed by atoms with Crippen molar-refractivity contribution in [3.63, 3.8) is 0 Å². The maximum atomic E-state index is 12.1. The normalized spacial score (nSPS) is 19.9. The van der Waals surface area contributed by atoms with E-state index in [1.54, 1.807) is 6.20 Å². The highest BCUT2D eigenvalue weighted by Crippen LogP contribution is 2.25. The van der Waals surface area contributed by atoms with Gasteiger partial charge in [-0.3, -0.25) is 9.78 Å². The van der Waals surface area contributed by atoms with E-state index in [0.29, 0.717) is 13.2 Å². The van der Waals surface area contributed by atoms with Crippen LogP contribution in [0.1, 0.15) is 30.5 Å². The fourth-order valence-electron chi connectivity index (χ4n) is 2.91. The molecule has 1 heterocycles. The Labute approximate surface area is 141 Å². The third-order valence-electron chi connectivity index (χ3n) is 4.32. The number of pyridine rings is 1. The first-order valence-electron chi connectivity index (χ1n) is 8.30. The fraction of sp³-hybridized carbons (Fsp3) is 0.368. The van der Waals surface area contributed by atoms with Crippen molar-refractivity contribution >= 4 is 5.91 Å². The summed E-state index contributed by atoms with van der Waals surface area (Å²) in [5, 5.41) is 12.7. The molecule has 2 atom stereocenters. The highest BCUT2D eigenvalue weighted by molar-refractivity contribution is 5.79. The molecule has 0 bridgehead atoms. The summed E-state index contributed by atoms with van der Waals surface area (Å²) in [5.74, 6) is 0.448. The first kappa shape index (κ1) is 16.5. The number of aromatic nitrogens is 1. The molecule has 5 nitrogen and oxygen atoms in total. The third-order valence-corrected chi connectivity index (χ3v) is 4.32. The minimum Gasteiger partial charge on any atom is -0.487 e. The topological polar surface area (TPSA) is 71.5 Å². The molecule has 1 amide bonds. The van der Waals surface area contributed by atoms with Crippen molar-refractivity contribution in [3.05, 3.63) is 59.9 Å². The zero-order valence-electron chi connectivity index (χ0n) is 13.5. The van der Waals surface area contributed by atoms with E-state index in [1.165, 1.54) is 0 Å². The molecule has 24 heavy (non-hydrogen) atoms. The van der Waals surface area contributed by atoms with Crippen LogP contribution in [0.25, 0.3) is 0 Å². The molecule has 1 saturated carbocycles. The lowest BCUT2D eigenvalue weighted by Gasteiger charge is -2.14. The van der Waals surface area contributed by atoms with Gasteiger partial charge in [-0.2, -0.15) is 0 Å². The molecular formula is C19H22N2O3. The van der Waals surface area contributed by atoms with Crippen molar-refractivity contribution in [3.8, 4) is 5.75 Å². The second-order valence-corrected chi connectivity index (χ2v) is 6.08. The van der Waals surface area contributed by atoms with Crippen LogP contribution in [-0.4, -0.2) is 22.1 Å². The number of nitrogens with one attached hydrogen (secondary N) is 1. The Bertz CT molecular complexity index is 658. The monoisotopic (exact) mass is 326 g/mol. The molecule has 1 aliphatic rings. The summed E-state index contributed by atoms with van der Waals surface area (Å²) in [4.78, 5) is 16.3. The molecule has 2 aromatic rings. The predicted molar refractivity (Wildman–Crippen MR) is 90.2 cm³/mol. The van der Waals surface area contributed by atoms with Crippen LogP contribution in [0.2, 0.25) is 0 Å². The van der Waals surface area contributed by atoms with Gasteiger partial charge in [0.05, 0.1) is 17.7 Å². The smallest absolute Gasteiger partial charge is 0.225 e. The van der Waals surface area contributed by atoms with Gasteiger partial charge in [0, 0.05) is 12.7 Å². The van der Waals surface area contributed by atoms with Crippen LogP contribution in [-0.2, 0) is 17.9 Å². The van der Waals surface area contributed by atoms with Crippen molar-refractivity contribution in [2.24, 2.45) is 5.92 Å². The Hall–Kier alpha value is -2.40. The quantitative estimate of drug-likeness (QED) is 0.855. The standard InChI is InChI=1S/C19H22N2O3/c22-18-6-3-5-17(18)19(23)21-12-14-7-9-16(10-8-14)24-13-15-4-1-2-11-20-15/h1-2,4,7-11,17-18,22H,3,5-6,12-13H2,(H,21,23). The Kier molecular flexibility index (Phi) is 5.43. The van der Waals surface area contributed by atoms with E-state index < -0.39 is 6.10 Å². The summed E-state index contributed by atoms with van der Waals surface area (Å²) in [7, 11) is 0. The molecular weight excluding hydrogens is 304 g/mol. The van der Waals surface area contributed by atoms with Crippen molar-refractivity contribution in [2.75, 3.05) is 0 Å². The fourth-order valence-corrected chi connectivity index (χ4v) is 2.91. The van der Waals surface area contributed by atoms with Gasteiger partial charge in [-0.15, -0.1) is 0 Å². The average Bonchev–Trinajstić information content (AvgIpc) is 3.06. The number of amides is 1. The van der Waals surface area contributed by atoms with Gasteiger partial charge in [0.2, 0.25) is 5.91 Å². The van der Waals surface area contributed by atoms with E-state index in [4.69, 9.17) is 4.74 Å². The Morgan fingerprint density at radius 3 is 2.71 bits per heavy atom. The van der Waals surface area contributed by atoms with Crippen LogP contribution in [0, 0.1) is 5.92 Å². The van der Waals surface area contributed by atoms with Gasteiger partial charge < -0.3 is 15.2 Å². The van der Waals surface area contributed by atoms with E-state index in [2.05, 4.69) is 10.3 Å². The van der Waals surface area contributed by atoms with Gasteiger partial charge in [-0.25, -0.2) is 0 Å². The summed E-state index contributed by atoms with van der Waals surface area (Å²) in [6, 6.07) is 13.3. The zero-order chi connectivity index (χ0) is 16.8. The molecule has 3 rings (SSSR count). The highest BCUT2D eigenvalue weighted by Gasteiger charge is 2.31. The van der Waals surface area contributed by atoms with E-state index in [1.807, 2.05) is 42.5 Å². The minimum atomic E-state index is -0.493. The second kappa shape index (κ2) is 7.93. The number of ether oxygens (including phenoxy) is 1. The first-order chi connectivity index (χ1) is 11.7. The largest absolute Gasteiger partial charge is 0.487 e. The molecule has 0 spiro atoms. The number of rotatable bonds is 6. The summed E-state index contributed by atoms with van der Waals surface area (Å²) in [5.41, 5.74) is 1.88. The molecule has 126 valence electrons. The number of nitrogens with zero attached hydrogens (tertiary/aromatic N) is 1. The molecule has 0 radical (unpaired) electrons. The van der Waals surface area contributed by atoms with Crippen LogP contribution in [0.5, 0.6) is 5.75 Å². The first-order valence-corrected chi connectivity index (χ1v) is 8.30. The van der Waals surface area contributed by atoms with Gasteiger partial charge >= 0.3 is 0 Å². The van der Waals surface area contributed by atoms with E-state index in [9.17, 15) is 9.90 Å². The zero-order valence-corrected chi connectivity index (χ0v) is 13.5. The second-order valence-electron chi connectivity index (χ2n) is 6.08. The van der Waals surface area contributed by atoms with Gasteiger partial charge in [0.15, 0.2) is 0 Å². The van der Waals surface area contributed by atoms with E-state index in [-0.39, 0.29) is 11.8 Å². The van der Waals surface area contributed by atoms with Crippen LogP contribution in [0.4, 0.5) is 0 Å². The summed E-state index contributed by atoms with van der Waals surface area (Å²) < 4.78 is 5.69. The summed E-state index contributed by atoms with van der Waals surface area (Å²) in [6.45, 7) is 0.888. The van der Waals surface area contributed by atoms with Crippen molar-refractivity contribution in [2.45, 2.75) is 38.5 Å². The van der Waals surface area contributed by atoms with Crippen LogP contribution in [0.3, 0.4) is 0 Å². The number of hydrogen-bond donors (Lipinski definition) is 2. The lowest BCUT2D eigenvalue weighted by Crippen LogP contribution is -2.34. The van der Waals surface area contributed by atoms with Gasteiger partial charge in [0.25, 0.3) is 0 Å². The maximum absolute atomic E-state index is 12.1. The molecule has 1 aromatic heterocycles. The van der Waals surface area contributed by atoms with Crippen LogP contribution >= 0.6 is 0 Å². The molecule has 1 aromatic carbocycles. The summed E-state index contributed by atoms with van der Waals surface area (Å²) >= 11 is 0. The predicted octanol–water partition coefficient (Wildman–Crippen LogP) is 2.44. The number of benzene rings is 1. The van der Waals surface area contributed by atoms with Crippen LogP contribution in [0.15, 0.2) is 48.7 Å². The number of hydrogen-bond acceptors (Lipinski definition) is 4. The molecule has 0 saturated heterocycles. The van der Waals surface area contributed by atoms with Gasteiger partial charge in [-0.1, -0.05) is 18.2 Å². The molecule has 1 fully saturated rings. The molecule has 2 N–H and O–H groups in total. The number of aliphatic hydroxyl groups excluding tert-OH is 1. The molecule has 5 heteroatoms. The molecule has 0 aliphatic heterocycles. The summed E-state index contributed by atoms with van der Waals surface area (Å²) in [6.07, 6.45) is 3.66. The number of carbonyl (C=O) groups is 1. The molecule has 1 aliphatic carbocycles.